The Morgan fingerprint density at radius 2 is 1.69 bits per heavy atom. The number of nitrogens with one attached hydrogen (secondary N) is 1. The van der Waals surface area contributed by atoms with Crippen LogP contribution in [0.3, 0.4) is 0 Å². The van der Waals surface area contributed by atoms with E-state index in [4.69, 9.17) is 21.7 Å². The Morgan fingerprint density at radius 3 is 2.37 bits per heavy atom. The van der Waals surface area contributed by atoms with Crippen molar-refractivity contribution in [2.45, 2.75) is 31.7 Å². The summed E-state index contributed by atoms with van der Waals surface area (Å²) in [6.45, 7) is 6.21. The summed E-state index contributed by atoms with van der Waals surface area (Å²) in [6, 6.07) is 24.7. The van der Waals surface area contributed by atoms with Crippen LogP contribution >= 0.6 is 24.0 Å². The molecule has 1 N–H and O–H groups in total. The smallest absolute Gasteiger partial charge is 0.258 e. The second-order valence-electron chi connectivity index (χ2n) is 8.62. The lowest BCUT2D eigenvalue weighted by molar-refractivity contribution is 0.404. The van der Waals surface area contributed by atoms with Gasteiger partial charge in [-0.15, -0.1) is 11.8 Å². The zero-order valence-electron chi connectivity index (χ0n) is 20.1. The number of hydrogen-bond donors (Lipinski definition) is 1. The maximum absolute atomic E-state index is 5.87. The molecule has 0 bridgehead atoms. The van der Waals surface area contributed by atoms with Crippen molar-refractivity contribution in [2.75, 3.05) is 11.2 Å². The van der Waals surface area contributed by atoms with Gasteiger partial charge in [-0.1, -0.05) is 47.1 Å². The summed E-state index contributed by atoms with van der Waals surface area (Å²) in [5.41, 5.74) is 7.21. The fourth-order valence-electron chi connectivity index (χ4n) is 4.30. The number of anilines is 1. The van der Waals surface area contributed by atoms with E-state index in [9.17, 15) is 0 Å². The van der Waals surface area contributed by atoms with Crippen LogP contribution in [-0.4, -0.2) is 21.5 Å². The first kappa shape index (κ1) is 23.3. The third-order valence-electron chi connectivity index (χ3n) is 6.16. The van der Waals surface area contributed by atoms with Gasteiger partial charge in [0, 0.05) is 21.8 Å². The lowest BCUT2D eigenvalue weighted by atomic mass is 9.94. The molecule has 1 aliphatic heterocycles. The SMILES string of the molecule is CSc1ccc(-c2noc(C3=C(C)N(c4cccc(C)c4)C(=S)NC3c3ccc(C)cc3)n2)cc1. The van der Waals surface area contributed by atoms with Crippen LogP contribution in [0.4, 0.5) is 5.69 Å². The van der Waals surface area contributed by atoms with Gasteiger partial charge in [0.15, 0.2) is 5.11 Å². The van der Waals surface area contributed by atoms with E-state index in [1.54, 1.807) is 11.8 Å². The molecule has 0 spiro atoms. The normalized spacial score (nSPS) is 15.9. The molecule has 1 aliphatic rings. The third-order valence-corrected chi connectivity index (χ3v) is 7.20. The molecule has 0 fully saturated rings. The van der Waals surface area contributed by atoms with E-state index in [-0.39, 0.29) is 6.04 Å². The number of aromatic nitrogens is 2. The standard InChI is InChI=1S/C28H26N4OS2/c1-17-8-10-20(11-9-17)25-24(19(3)32(28(34)29-25)22-7-5-6-18(2)16-22)27-30-26(31-33-27)21-12-14-23(35-4)15-13-21/h5-16,25H,1-4H3,(H,29,34). The summed E-state index contributed by atoms with van der Waals surface area (Å²) in [6.07, 6.45) is 2.06. The van der Waals surface area contributed by atoms with Crippen molar-refractivity contribution in [3.63, 3.8) is 0 Å². The molecule has 0 saturated heterocycles. The average molecular weight is 499 g/mol. The zero-order chi connectivity index (χ0) is 24.5. The third kappa shape index (κ3) is 4.61. The number of aryl methyl sites for hydroxylation is 2. The first-order valence-electron chi connectivity index (χ1n) is 11.4. The molecule has 35 heavy (non-hydrogen) atoms. The zero-order valence-corrected chi connectivity index (χ0v) is 21.7. The van der Waals surface area contributed by atoms with Crippen molar-refractivity contribution < 1.29 is 4.52 Å². The molecule has 0 saturated carbocycles. The molecule has 3 aromatic carbocycles. The lowest BCUT2D eigenvalue weighted by Crippen LogP contribution is -2.46. The predicted molar refractivity (Wildman–Crippen MR) is 147 cm³/mol. The number of hydrogen-bond acceptors (Lipinski definition) is 5. The van der Waals surface area contributed by atoms with Gasteiger partial charge in [0.1, 0.15) is 0 Å². The van der Waals surface area contributed by atoms with Gasteiger partial charge in [-0.05, 0) is 86.8 Å². The maximum Gasteiger partial charge on any atom is 0.258 e. The molecule has 5 rings (SSSR count). The first-order valence-corrected chi connectivity index (χ1v) is 13.0. The number of thiocarbonyl (C=S) groups is 1. The second-order valence-corrected chi connectivity index (χ2v) is 9.88. The Labute approximate surface area is 215 Å². The Kier molecular flexibility index (Phi) is 6.45. The monoisotopic (exact) mass is 498 g/mol. The molecule has 5 nitrogen and oxygen atoms in total. The number of rotatable bonds is 5. The molecule has 1 aromatic heterocycles. The van der Waals surface area contributed by atoms with Crippen molar-refractivity contribution in [1.29, 1.82) is 0 Å². The van der Waals surface area contributed by atoms with E-state index in [0.29, 0.717) is 16.8 Å². The maximum atomic E-state index is 5.87. The number of benzene rings is 3. The summed E-state index contributed by atoms with van der Waals surface area (Å²) >= 11 is 7.55. The summed E-state index contributed by atoms with van der Waals surface area (Å²) < 4.78 is 5.87. The minimum atomic E-state index is -0.212. The van der Waals surface area contributed by atoms with Crippen molar-refractivity contribution in [3.05, 3.63) is 101 Å². The van der Waals surface area contributed by atoms with E-state index in [0.717, 1.165) is 33.6 Å². The highest BCUT2D eigenvalue weighted by molar-refractivity contribution is 7.98. The van der Waals surface area contributed by atoms with Crippen molar-refractivity contribution in [3.8, 4) is 11.4 Å². The Balaban J connectivity index is 1.63. The lowest BCUT2D eigenvalue weighted by Gasteiger charge is -2.37. The highest BCUT2D eigenvalue weighted by Crippen LogP contribution is 2.39. The molecule has 1 unspecified atom stereocenters. The number of nitrogens with zero attached hydrogens (tertiary/aromatic N) is 3. The van der Waals surface area contributed by atoms with E-state index in [2.05, 4.69) is 92.1 Å². The second kappa shape index (κ2) is 9.68. The van der Waals surface area contributed by atoms with Crippen LogP contribution in [0.1, 0.15) is 35.5 Å². The average Bonchev–Trinajstić information content (AvgIpc) is 3.34. The van der Waals surface area contributed by atoms with Gasteiger partial charge in [0.05, 0.1) is 11.6 Å². The molecular weight excluding hydrogens is 472 g/mol. The summed E-state index contributed by atoms with van der Waals surface area (Å²) in [5.74, 6) is 1.04. The van der Waals surface area contributed by atoms with Crippen LogP contribution in [-0.2, 0) is 0 Å². The van der Waals surface area contributed by atoms with Gasteiger partial charge in [-0.25, -0.2) is 0 Å². The van der Waals surface area contributed by atoms with Crippen LogP contribution in [0.2, 0.25) is 0 Å². The number of thioether (sulfide) groups is 1. The fraction of sp³-hybridized carbons (Fsp3) is 0.179. The summed E-state index contributed by atoms with van der Waals surface area (Å²) in [4.78, 5) is 8.05. The molecule has 1 atom stereocenters. The summed E-state index contributed by atoms with van der Waals surface area (Å²) in [7, 11) is 0. The van der Waals surface area contributed by atoms with Crippen LogP contribution in [0, 0.1) is 13.8 Å². The van der Waals surface area contributed by atoms with E-state index < -0.39 is 0 Å². The highest BCUT2D eigenvalue weighted by Gasteiger charge is 2.34. The Hall–Kier alpha value is -3.42. The first-order chi connectivity index (χ1) is 16.9. The minimum Gasteiger partial charge on any atom is -0.351 e. The molecule has 2 heterocycles. The van der Waals surface area contributed by atoms with Crippen LogP contribution in [0.25, 0.3) is 17.0 Å². The van der Waals surface area contributed by atoms with Gasteiger partial charge in [-0.3, -0.25) is 4.90 Å². The van der Waals surface area contributed by atoms with Crippen LogP contribution < -0.4 is 10.2 Å². The van der Waals surface area contributed by atoms with Gasteiger partial charge in [0.25, 0.3) is 5.89 Å². The van der Waals surface area contributed by atoms with E-state index in [1.807, 2.05) is 23.1 Å². The Bertz CT molecular complexity index is 1410. The number of allylic oxidation sites excluding steroid dienone is 1. The molecule has 0 aliphatic carbocycles. The summed E-state index contributed by atoms with van der Waals surface area (Å²) in [5, 5.41) is 8.48. The minimum absolute atomic E-state index is 0.212. The molecule has 176 valence electrons. The largest absolute Gasteiger partial charge is 0.351 e. The van der Waals surface area contributed by atoms with Crippen molar-refractivity contribution in [1.82, 2.24) is 15.5 Å². The molecule has 7 heteroatoms. The molecule has 4 aromatic rings. The highest BCUT2D eigenvalue weighted by atomic mass is 32.2. The molecule has 0 amide bonds. The van der Waals surface area contributed by atoms with E-state index >= 15 is 0 Å². The van der Waals surface area contributed by atoms with Crippen LogP contribution in [0.5, 0.6) is 0 Å². The van der Waals surface area contributed by atoms with Gasteiger partial charge in [0.2, 0.25) is 5.82 Å². The Morgan fingerprint density at radius 1 is 0.943 bits per heavy atom. The van der Waals surface area contributed by atoms with Crippen molar-refractivity contribution in [2.24, 2.45) is 0 Å². The molecule has 0 radical (unpaired) electrons. The van der Waals surface area contributed by atoms with Gasteiger partial charge in [-0.2, -0.15) is 4.98 Å². The van der Waals surface area contributed by atoms with Gasteiger partial charge >= 0.3 is 0 Å². The molecular formula is C28H26N4OS2. The van der Waals surface area contributed by atoms with Crippen molar-refractivity contribution >= 4 is 40.4 Å². The fourth-order valence-corrected chi connectivity index (χ4v) is 5.07. The van der Waals surface area contributed by atoms with Crippen LogP contribution in [0.15, 0.2) is 87.9 Å². The predicted octanol–water partition coefficient (Wildman–Crippen LogP) is 6.94. The van der Waals surface area contributed by atoms with Gasteiger partial charge < -0.3 is 9.84 Å². The quantitative estimate of drug-likeness (QED) is 0.236. The van der Waals surface area contributed by atoms with E-state index in [1.165, 1.54) is 10.5 Å². The topological polar surface area (TPSA) is 54.2 Å².